The lowest BCUT2D eigenvalue weighted by Gasteiger charge is -2.38. The molecule has 18 heavy (non-hydrogen) atoms. The Hall–Kier alpha value is -0.680. The van der Waals surface area contributed by atoms with Crippen molar-refractivity contribution in [1.29, 1.82) is 0 Å². The van der Waals surface area contributed by atoms with Gasteiger partial charge in [-0.15, -0.1) is 12.4 Å². The predicted octanol–water partition coefficient (Wildman–Crippen LogP) is 1.44. The van der Waals surface area contributed by atoms with Gasteiger partial charge in [-0.1, -0.05) is 0 Å². The lowest BCUT2D eigenvalue weighted by atomic mass is 9.98. The van der Waals surface area contributed by atoms with Crippen LogP contribution in [0, 0.1) is 0 Å². The van der Waals surface area contributed by atoms with E-state index in [0.717, 1.165) is 25.9 Å². The van der Waals surface area contributed by atoms with E-state index in [9.17, 15) is 0 Å². The summed E-state index contributed by atoms with van der Waals surface area (Å²) in [5.74, 6) is 0. The van der Waals surface area contributed by atoms with Crippen LogP contribution in [-0.4, -0.2) is 42.2 Å². The van der Waals surface area contributed by atoms with Gasteiger partial charge in [-0.3, -0.25) is 9.88 Å². The highest BCUT2D eigenvalue weighted by Crippen LogP contribution is 2.20. The topological polar surface area (TPSA) is 51.4 Å². The number of pyridine rings is 1. The fourth-order valence-corrected chi connectivity index (χ4v) is 2.45. The van der Waals surface area contributed by atoms with Crippen LogP contribution >= 0.6 is 12.4 Å². The summed E-state index contributed by atoms with van der Waals surface area (Å²) in [4.78, 5) is 6.49. The number of nitrogens with two attached hydrogens (primary N) is 1. The SMILES string of the molecule is COC1CCN(Cc2ccncc2)C(CN)C1.Cl. The molecule has 1 fully saturated rings. The van der Waals surface area contributed by atoms with Crippen LogP contribution in [0.1, 0.15) is 18.4 Å². The van der Waals surface area contributed by atoms with E-state index in [1.165, 1.54) is 5.56 Å². The van der Waals surface area contributed by atoms with E-state index in [1.54, 1.807) is 7.11 Å². The van der Waals surface area contributed by atoms with Gasteiger partial charge in [0.1, 0.15) is 0 Å². The summed E-state index contributed by atoms with van der Waals surface area (Å²) in [5, 5.41) is 0. The van der Waals surface area contributed by atoms with Gasteiger partial charge in [0.25, 0.3) is 0 Å². The largest absolute Gasteiger partial charge is 0.381 e. The first-order chi connectivity index (χ1) is 8.33. The van der Waals surface area contributed by atoms with Gasteiger partial charge in [0.05, 0.1) is 6.10 Å². The standard InChI is InChI=1S/C13H21N3O.ClH/c1-17-13-4-7-16(12(8-13)9-14)10-11-2-5-15-6-3-11;/h2-3,5-6,12-13H,4,7-10,14H2,1H3;1H. The number of nitrogens with zero attached hydrogens (tertiary/aromatic N) is 2. The third kappa shape index (κ3) is 3.92. The van der Waals surface area contributed by atoms with E-state index < -0.39 is 0 Å². The van der Waals surface area contributed by atoms with E-state index in [-0.39, 0.29) is 12.4 Å². The van der Waals surface area contributed by atoms with E-state index >= 15 is 0 Å². The second-order valence-electron chi connectivity index (χ2n) is 4.60. The number of ether oxygens (including phenoxy) is 1. The molecule has 1 aliphatic rings. The average molecular weight is 272 g/mol. The van der Waals surface area contributed by atoms with Crippen LogP contribution in [0.4, 0.5) is 0 Å². The number of likely N-dealkylation sites (tertiary alicyclic amines) is 1. The van der Waals surface area contributed by atoms with E-state index in [2.05, 4.69) is 22.0 Å². The van der Waals surface area contributed by atoms with Gasteiger partial charge in [-0.2, -0.15) is 0 Å². The molecule has 2 atom stereocenters. The number of hydrogen-bond donors (Lipinski definition) is 1. The van der Waals surface area contributed by atoms with E-state index in [4.69, 9.17) is 10.5 Å². The zero-order chi connectivity index (χ0) is 12.1. The molecule has 0 amide bonds. The van der Waals surface area contributed by atoms with Crippen molar-refractivity contribution in [2.45, 2.75) is 31.5 Å². The first-order valence-corrected chi connectivity index (χ1v) is 6.19. The zero-order valence-corrected chi connectivity index (χ0v) is 11.6. The Balaban J connectivity index is 0.00000162. The molecule has 2 unspecified atom stereocenters. The van der Waals surface area contributed by atoms with Crippen LogP contribution in [0.5, 0.6) is 0 Å². The lowest BCUT2D eigenvalue weighted by Crippen LogP contribution is -2.47. The Morgan fingerprint density at radius 2 is 2.17 bits per heavy atom. The van der Waals surface area contributed by atoms with Gasteiger partial charge in [0.15, 0.2) is 0 Å². The van der Waals surface area contributed by atoms with Gasteiger partial charge in [0, 0.05) is 45.2 Å². The van der Waals surface area contributed by atoms with Crippen molar-refractivity contribution >= 4 is 12.4 Å². The number of methoxy groups -OCH3 is 1. The summed E-state index contributed by atoms with van der Waals surface area (Å²) in [6.07, 6.45) is 6.19. The second-order valence-corrected chi connectivity index (χ2v) is 4.60. The minimum Gasteiger partial charge on any atom is -0.381 e. The van der Waals surface area contributed by atoms with Crippen molar-refractivity contribution in [2.75, 3.05) is 20.2 Å². The zero-order valence-electron chi connectivity index (χ0n) is 10.8. The maximum Gasteiger partial charge on any atom is 0.0599 e. The summed E-state index contributed by atoms with van der Waals surface area (Å²) >= 11 is 0. The monoisotopic (exact) mass is 271 g/mol. The molecule has 2 N–H and O–H groups in total. The quantitative estimate of drug-likeness (QED) is 0.900. The highest BCUT2D eigenvalue weighted by molar-refractivity contribution is 5.85. The third-order valence-corrected chi connectivity index (χ3v) is 3.53. The summed E-state index contributed by atoms with van der Waals surface area (Å²) in [6, 6.07) is 4.56. The smallest absolute Gasteiger partial charge is 0.0599 e. The molecule has 1 aromatic rings. The van der Waals surface area contributed by atoms with E-state index in [1.807, 2.05) is 12.4 Å². The van der Waals surface area contributed by atoms with Crippen molar-refractivity contribution in [3.05, 3.63) is 30.1 Å². The Kier molecular flexibility index (Phi) is 6.57. The van der Waals surface area contributed by atoms with Crippen molar-refractivity contribution in [1.82, 2.24) is 9.88 Å². The van der Waals surface area contributed by atoms with Crippen LogP contribution in [0.3, 0.4) is 0 Å². The van der Waals surface area contributed by atoms with Gasteiger partial charge in [-0.25, -0.2) is 0 Å². The number of piperidine rings is 1. The van der Waals surface area contributed by atoms with Gasteiger partial charge >= 0.3 is 0 Å². The maximum absolute atomic E-state index is 5.85. The molecule has 5 heteroatoms. The Morgan fingerprint density at radius 3 is 2.78 bits per heavy atom. The van der Waals surface area contributed by atoms with Crippen LogP contribution in [0.15, 0.2) is 24.5 Å². The minimum atomic E-state index is 0. The first-order valence-electron chi connectivity index (χ1n) is 6.19. The molecule has 0 saturated carbocycles. The Bertz CT molecular complexity index is 336. The molecule has 0 aliphatic carbocycles. The molecule has 102 valence electrons. The highest BCUT2D eigenvalue weighted by Gasteiger charge is 2.27. The molecule has 2 rings (SSSR count). The molecule has 2 heterocycles. The van der Waals surface area contributed by atoms with Crippen LogP contribution < -0.4 is 5.73 Å². The molecule has 1 aliphatic heterocycles. The molecule has 0 spiro atoms. The second kappa shape index (κ2) is 7.69. The van der Waals surface area contributed by atoms with E-state index in [0.29, 0.717) is 18.7 Å². The van der Waals surface area contributed by atoms with Gasteiger partial charge in [-0.05, 0) is 30.5 Å². The van der Waals surface area contributed by atoms with Crippen molar-refractivity contribution in [3.8, 4) is 0 Å². The molecule has 0 aromatic carbocycles. The van der Waals surface area contributed by atoms with Crippen molar-refractivity contribution in [2.24, 2.45) is 5.73 Å². The highest BCUT2D eigenvalue weighted by atomic mass is 35.5. The average Bonchev–Trinajstić information content (AvgIpc) is 2.40. The number of halogens is 1. The Labute approximate surface area is 115 Å². The van der Waals surface area contributed by atoms with Gasteiger partial charge < -0.3 is 10.5 Å². The lowest BCUT2D eigenvalue weighted by molar-refractivity contribution is 0.0102. The number of rotatable bonds is 4. The molecule has 0 bridgehead atoms. The molecule has 4 nitrogen and oxygen atoms in total. The van der Waals surface area contributed by atoms with Gasteiger partial charge in [0.2, 0.25) is 0 Å². The first kappa shape index (κ1) is 15.4. The molecule has 0 radical (unpaired) electrons. The summed E-state index contributed by atoms with van der Waals surface area (Å²) in [7, 11) is 1.79. The number of hydrogen-bond acceptors (Lipinski definition) is 4. The molecular formula is C13H22ClN3O. The van der Waals surface area contributed by atoms with Crippen LogP contribution in [-0.2, 0) is 11.3 Å². The van der Waals surface area contributed by atoms with Crippen molar-refractivity contribution in [3.63, 3.8) is 0 Å². The molecule has 1 aromatic heterocycles. The normalized spacial score (nSPS) is 24.6. The third-order valence-electron chi connectivity index (χ3n) is 3.53. The Morgan fingerprint density at radius 1 is 1.44 bits per heavy atom. The summed E-state index contributed by atoms with van der Waals surface area (Å²) in [6.45, 7) is 2.72. The van der Waals surface area contributed by atoms with Crippen molar-refractivity contribution < 1.29 is 4.74 Å². The minimum absolute atomic E-state index is 0. The summed E-state index contributed by atoms with van der Waals surface area (Å²) < 4.78 is 5.43. The summed E-state index contributed by atoms with van der Waals surface area (Å²) in [5.41, 5.74) is 7.15. The molecule has 1 saturated heterocycles. The fraction of sp³-hybridized carbons (Fsp3) is 0.615. The van der Waals surface area contributed by atoms with Crippen LogP contribution in [0.25, 0.3) is 0 Å². The maximum atomic E-state index is 5.85. The predicted molar refractivity (Wildman–Crippen MR) is 74.8 cm³/mol. The van der Waals surface area contributed by atoms with Crippen LogP contribution in [0.2, 0.25) is 0 Å². The number of aromatic nitrogens is 1. The fourth-order valence-electron chi connectivity index (χ4n) is 2.45. The molecular weight excluding hydrogens is 250 g/mol.